The first kappa shape index (κ1) is 14.4. The lowest BCUT2D eigenvalue weighted by Gasteiger charge is -2.22. The topological polar surface area (TPSA) is 87.6 Å². The highest BCUT2D eigenvalue weighted by atomic mass is 16.2. The van der Waals surface area contributed by atoms with Crippen molar-refractivity contribution in [2.75, 3.05) is 18.4 Å². The van der Waals surface area contributed by atoms with Crippen LogP contribution in [-0.2, 0) is 0 Å². The molecule has 1 saturated heterocycles. The molecule has 3 heterocycles. The van der Waals surface area contributed by atoms with Crippen molar-refractivity contribution in [2.24, 2.45) is 5.92 Å². The summed E-state index contributed by atoms with van der Waals surface area (Å²) in [5.41, 5.74) is 1.53. The monoisotopic (exact) mass is 314 g/mol. The highest BCUT2D eigenvalue weighted by Gasteiger charge is 2.35. The van der Waals surface area contributed by atoms with Crippen molar-refractivity contribution in [3.05, 3.63) is 29.7 Å². The van der Waals surface area contributed by atoms with Crippen molar-refractivity contribution in [3.8, 4) is 0 Å². The van der Waals surface area contributed by atoms with Crippen LogP contribution in [0.1, 0.15) is 54.3 Å². The molecule has 4 rings (SSSR count). The Hall–Kier alpha value is -2.15. The Morgan fingerprint density at radius 3 is 3.09 bits per heavy atom. The first-order chi connectivity index (χ1) is 11.2. The van der Waals surface area contributed by atoms with Gasteiger partial charge in [-0.2, -0.15) is 10.2 Å². The van der Waals surface area contributed by atoms with Crippen LogP contribution in [0.15, 0.2) is 18.3 Å². The predicted octanol–water partition coefficient (Wildman–Crippen LogP) is 1.91. The van der Waals surface area contributed by atoms with Crippen LogP contribution >= 0.6 is 0 Å². The Morgan fingerprint density at radius 1 is 1.48 bits per heavy atom. The number of nitrogens with one attached hydrogen (secondary N) is 3. The van der Waals surface area contributed by atoms with Gasteiger partial charge in [-0.15, -0.1) is 0 Å². The van der Waals surface area contributed by atoms with Gasteiger partial charge in [0.2, 0.25) is 0 Å². The summed E-state index contributed by atoms with van der Waals surface area (Å²) in [7, 11) is 0. The molecule has 2 aromatic rings. The number of anilines is 1. The molecule has 1 aliphatic carbocycles. The minimum atomic E-state index is -0.214. The molecule has 1 amide bonds. The van der Waals surface area contributed by atoms with E-state index in [2.05, 4.69) is 32.9 Å². The third-order valence-electron chi connectivity index (χ3n) is 4.83. The van der Waals surface area contributed by atoms with E-state index in [9.17, 15) is 4.79 Å². The van der Waals surface area contributed by atoms with Crippen molar-refractivity contribution in [1.29, 1.82) is 0 Å². The van der Waals surface area contributed by atoms with E-state index in [0.717, 1.165) is 31.6 Å². The lowest BCUT2D eigenvalue weighted by Crippen LogP contribution is -2.32. The van der Waals surface area contributed by atoms with Gasteiger partial charge in [-0.1, -0.05) is 6.92 Å². The molecule has 0 spiro atoms. The molecule has 23 heavy (non-hydrogen) atoms. The summed E-state index contributed by atoms with van der Waals surface area (Å²) < 4.78 is 1.89. The second-order valence-electron chi connectivity index (χ2n) is 6.66. The second-order valence-corrected chi connectivity index (χ2v) is 6.66. The molecule has 3 N–H and O–H groups in total. The summed E-state index contributed by atoms with van der Waals surface area (Å²) in [6.45, 7) is 4.19. The summed E-state index contributed by atoms with van der Waals surface area (Å²) in [4.78, 5) is 12.3. The number of amides is 1. The zero-order valence-electron chi connectivity index (χ0n) is 13.2. The number of carbonyl (C=O) groups excluding carboxylic acids is 1. The first-order valence-electron chi connectivity index (χ1n) is 8.33. The molecule has 3 atom stereocenters. The van der Waals surface area contributed by atoms with Crippen LogP contribution in [-0.4, -0.2) is 39.0 Å². The van der Waals surface area contributed by atoms with Gasteiger partial charge in [0.05, 0.1) is 6.04 Å². The van der Waals surface area contributed by atoms with E-state index in [0.29, 0.717) is 29.4 Å². The average Bonchev–Trinajstić information content (AvgIpc) is 2.98. The molecule has 122 valence electrons. The largest absolute Gasteiger partial charge is 0.315 e. The van der Waals surface area contributed by atoms with E-state index in [1.54, 1.807) is 6.07 Å². The number of aromatic amines is 1. The van der Waals surface area contributed by atoms with Crippen molar-refractivity contribution in [2.45, 2.75) is 38.1 Å². The smallest absolute Gasteiger partial charge is 0.277 e. The number of rotatable bonds is 4. The minimum Gasteiger partial charge on any atom is -0.315 e. The van der Waals surface area contributed by atoms with Crippen LogP contribution < -0.4 is 10.6 Å². The summed E-state index contributed by atoms with van der Waals surface area (Å²) in [6.07, 6.45) is 5.31. The van der Waals surface area contributed by atoms with Crippen molar-refractivity contribution in [3.63, 3.8) is 0 Å². The van der Waals surface area contributed by atoms with Crippen molar-refractivity contribution < 1.29 is 4.79 Å². The van der Waals surface area contributed by atoms with Crippen LogP contribution in [0.3, 0.4) is 0 Å². The molecule has 2 fully saturated rings. The average molecular weight is 314 g/mol. The highest BCUT2D eigenvalue weighted by molar-refractivity contribution is 6.02. The molecule has 3 unspecified atom stereocenters. The molecule has 7 heteroatoms. The number of hydrogen-bond donors (Lipinski definition) is 3. The predicted molar refractivity (Wildman–Crippen MR) is 86.4 cm³/mol. The maximum Gasteiger partial charge on any atom is 0.277 e. The normalized spacial score (nSPS) is 26.9. The van der Waals surface area contributed by atoms with Gasteiger partial charge in [0, 0.05) is 30.4 Å². The molecule has 0 radical (unpaired) electrons. The molecule has 2 aromatic heterocycles. The number of carbonyl (C=O) groups is 1. The van der Waals surface area contributed by atoms with Gasteiger partial charge < -0.3 is 10.6 Å². The number of H-pyrrole nitrogens is 1. The number of aromatic nitrogens is 4. The maximum atomic E-state index is 12.3. The van der Waals surface area contributed by atoms with E-state index >= 15 is 0 Å². The Balaban J connectivity index is 1.40. The molecule has 0 aromatic carbocycles. The van der Waals surface area contributed by atoms with Crippen LogP contribution in [0.4, 0.5) is 5.82 Å². The molecule has 1 aliphatic heterocycles. The standard InChI is InChI=1S/C16H22N6O/c1-10-7-12(10)14-8-15(20-19-14)18-16(23)13-4-6-22(21-13)11-3-2-5-17-9-11/h4,6,8,10-12,17H,2-3,5,7,9H2,1H3,(H2,18,19,20,23). The lowest BCUT2D eigenvalue weighted by atomic mass is 10.1. The highest BCUT2D eigenvalue weighted by Crippen LogP contribution is 2.46. The van der Waals surface area contributed by atoms with Crippen LogP contribution in [0, 0.1) is 5.92 Å². The van der Waals surface area contributed by atoms with Crippen molar-refractivity contribution >= 4 is 11.7 Å². The Bertz CT molecular complexity index is 699. The zero-order valence-corrected chi connectivity index (χ0v) is 13.2. The third kappa shape index (κ3) is 3.01. The fraction of sp³-hybridized carbons (Fsp3) is 0.562. The van der Waals surface area contributed by atoms with Crippen molar-refractivity contribution in [1.82, 2.24) is 25.3 Å². The Kier molecular flexibility index (Phi) is 3.65. The number of nitrogens with zero attached hydrogens (tertiary/aromatic N) is 3. The van der Waals surface area contributed by atoms with E-state index in [4.69, 9.17) is 0 Å². The van der Waals surface area contributed by atoms with Gasteiger partial charge in [0.1, 0.15) is 0 Å². The van der Waals surface area contributed by atoms with Gasteiger partial charge in [-0.3, -0.25) is 14.6 Å². The molecule has 1 saturated carbocycles. The summed E-state index contributed by atoms with van der Waals surface area (Å²) in [5, 5.41) is 17.8. The van der Waals surface area contributed by atoms with E-state index < -0.39 is 0 Å². The number of hydrogen-bond acceptors (Lipinski definition) is 4. The molecule has 0 bridgehead atoms. The Morgan fingerprint density at radius 2 is 2.35 bits per heavy atom. The summed E-state index contributed by atoms with van der Waals surface area (Å²) >= 11 is 0. The third-order valence-corrected chi connectivity index (χ3v) is 4.83. The zero-order chi connectivity index (χ0) is 15.8. The van der Waals surface area contributed by atoms with E-state index in [-0.39, 0.29) is 5.91 Å². The second kappa shape index (κ2) is 5.81. The first-order valence-corrected chi connectivity index (χ1v) is 8.33. The number of piperidine rings is 1. The van der Waals surface area contributed by atoms with Gasteiger partial charge in [0.15, 0.2) is 11.5 Å². The molecular weight excluding hydrogens is 292 g/mol. The van der Waals surface area contributed by atoms with Gasteiger partial charge >= 0.3 is 0 Å². The quantitative estimate of drug-likeness (QED) is 0.804. The molecule has 2 aliphatic rings. The maximum absolute atomic E-state index is 12.3. The fourth-order valence-corrected chi connectivity index (χ4v) is 3.25. The summed E-state index contributed by atoms with van der Waals surface area (Å²) in [5.74, 6) is 1.62. The van der Waals surface area contributed by atoms with Crippen LogP contribution in [0.25, 0.3) is 0 Å². The fourth-order valence-electron chi connectivity index (χ4n) is 3.25. The summed E-state index contributed by atoms with van der Waals surface area (Å²) in [6, 6.07) is 4.02. The lowest BCUT2D eigenvalue weighted by molar-refractivity contribution is 0.102. The van der Waals surface area contributed by atoms with Gasteiger partial charge in [0.25, 0.3) is 5.91 Å². The van der Waals surface area contributed by atoms with Gasteiger partial charge in [-0.25, -0.2) is 0 Å². The van der Waals surface area contributed by atoms with E-state index in [1.807, 2.05) is 16.9 Å². The molecular formula is C16H22N6O. The minimum absolute atomic E-state index is 0.214. The van der Waals surface area contributed by atoms with E-state index in [1.165, 1.54) is 6.42 Å². The SMILES string of the molecule is CC1CC1c1cc(NC(=O)c2ccn(C3CCCNC3)n2)n[nH]1. The Labute approximate surface area is 134 Å². The van der Waals surface area contributed by atoms with Crippen LogP contribution in [0.5, 0.6) is 0 Å². The molecule has 7 nitrogen and oxygen atoms in total. The van der Waals surface area contributed by atoms with Crippen LogP contribution in [0.2, 0.25) is 0 Å². The van der Waals surface area contributed by atoms with Gasteiger partial charge in [-0.05, 0) is 37.8 Å².